The highest BCUT2D eigenvalue weighted by atomic mass is 16.7. The maximum Gasteiger partial charge on any atom is 0.519 e. The summed E-state index contributed by atoms with van der Waals surface area (Å²) in [6, 6.07) is 13.8. The van der Waals surface area contributed by atoms with Crippen LogP contribution in [0.2, 0.25) is 0 Å². The average molecular weight is 370 g/mol. The molecule has 0 saturated heterocycles. The summed E-state index contributed by atoms with van der Waals surface area (Å²) in [6.45, 7) is 4.14. The first-order valence-electron chi connectivity index (χ1n) is 9.38. The number of hydrogen-bond acceptors (Lipinski definition) is 5. The number of esters is 1. The summed E-state index contributed by atoms with van der Waals surface area (Å²) >= 11 is 0. The molecule has 0 aliphatic rings. The van der Waals surface area contributed by atoms with E-state index in [9.17, 15) is 9.59 Å². The number of benzene rings is 2. The average Bonchev–Trinajstić information content (AvgIpc) is 2.67. The first-order chi connectivity index (χ1) is 13.1. The number of carbonyl (C=O) groups excluding carboxylic acids is 2. The van der Waals surface area contributed by atoms with Crippen molar-refractivity contribution in [3.63, 3.8) is 0 Å². The Hall–Kier alpha value is -2.82. The van der Waals surface area contributed by atoms with Gasteiger partial charge < -0.3 is 14.2 Å². The van der Waals surface area contributed by atoms with Gasteiger partial charge in [-0.2, -0.15) is 0 Å². The smallest absolute Gasteiger partial charge is 0.462 e. The number of aryl methyl sites for hydroxylation is 1. The van der Waals surface area contributed by atoms with Gasteiger partial charge in [0.1, 0.15) is 17.1 Å². The van der Waals surface area contributed by atoms with Gasteiger partial charge in [0, 0.05) is 0 Å². The molecule has 0 radical (unpaired) electrons. The van der Waals surface area contributed by atoms with Gasteiger partial charge in [-0.25, -0.2) is 9.59 Å². The van der Waals surface area contributed by atoms with Crippen LogP contribution in [0.4, 0.5) is 4.79 Å². The summed E-state index contributed by atoms with van der Waals surface area (Å²) in [4.78, 5) is 24.0. The topological polar surface area (TPSA) is 61.8 Å². The lowest BCUT2D eigenvalue weighted by molar-refractivity contribution is 0.0522. The highest BCUT2D eigenvalue weighted by Crippen LogP contribution is 2.21. The Kier molecular flexibility index (Phi) is 8.36. The Balaban J connectivity index is 1.91. The second kappa shape index (κ2) is 11.0. The SMILES string of the molecule is CCCCCCc1ccc(OC(=O)Oc2ccccc2C(=O)OCC)cc1. The number of carbonyl (C=O) groups is 2. The standard InChI is InChI=1S/C22H26O5/c1-3-5-6-7-10-17-13-15-18(16-14-17)26-22(24)27-20-12-9-8-11-19(20)21(23)25-4-2/h8-9,11-16H,3-7,10H2,1-2H3. The quantitative estimate of drug-likeness (QED) is 0.328. The molecule has 144 valence electrons. The van der Waals surface area contributed by atoms with Crippen molar-refractivity contribution in [2.75, 3.05) is 6.61 Å². The summed E-state index contributed by atoms with van der Waals surface area (Å²) in [5, 5.41) is 0. The van der Waals surface area contributed by atoms with E-state index < -0.39 is 12.1 Å². The van der Waals surface area contributed by atoms with E-state index in [0.29, 0.717) is 5.75 Å². The molecule has 5 heteroatoms. The van der Waals surface area contributed by atoms with Crippen LogP contribution in [0, 0.1) is 0 Å². The normalized spacial score (nSPS) is 10.3. The molecule has 2 aromatic carbocycles. The van der Waals surface area contributed by atoms with Crippen molar-refractivity contribution in [2.24, 2.45) is 0 Å². The van der Waals surface area contributed by atoms with Crippen LogP contribution in [-0.4, -0.2) is 18.7 Å². The van der Waals surface area contributed by atoms with Crippen molar-refractivity contribution in [1.82, 2.24) is 0 Å². The summed E-state index contributed by atoms with van der Waals surface area (Å²) in [6.07, 6.45) is 4.95. The zero-order valence-electron chi connectivity index (χ0n) is 15.9. The minimum Gasteiger partial charge on any atom is -0.462 e. The summed E-state index contributed by atoms with van der Waals surface area (Å²) in [5.41, 5.74) is 1.39. The fraction of sp³-hybridized carbons (Fsp3) is 0.364. The fourth-order valence-corrected chi connectivity index (χ4v) is 2.62. The molecule has 0 unspecified atom stereocenters. The van der Waals surface area contributed by atoms with E-state index in [-0.39, 0.29) is 17.9 Å². The van der Waals surface area contributed by atoms with Gasteiger partial charge in [-0.05, 0) is 49.6 Å². The van der Waals surface area contributed by atoms with E-state index in [2.05, 4.69) is 6.92 Å². The fourth-order valence-electron chi connectivity index (χ4n) is 2.62. The largest absolute Gasteiger partial charge is 0.519 e. The predicted octanol–water partition coefficient (Wildman–Crippen LogP) is 5.56. The Morgan fingerprint density at radius 3 is 2.30 bits per heavy atom. The Morgan fingerprint density at radius 1 is 0.852 bits per heavy atom. The van der Waals surface area contributed by atoms with Gasteiger partial charge in [-0.1, -0.05) is 50.5 Å². The van der Waals surface area contributed by atoms with E-state index in [4.69, 9.17) is 14.2 Å². The zero-order chi connectivity index (χ0) is 19.5. The van der Waals surface area contributed by atoms with Gasteiger partial charge in [0.25, 0.3) is 0 Å². The Labute approximate surface area is 160 Å². The molecule has 0 bridgehead atoms. The van der Waals surface area contributed by atoms with Crippen LogP contribution in [0.25, 0.3) is 0 Å². The molecular weight excluding hydrogens is 344 g/mol. The maximum atomic E-state index is 12.0. The van der Waals surface area contributed by atoms with Gasteiger partial charge in [0.2, 0.25) is 0 Å². The molecule has 0 atom stereocenters. The number of unbranched alkanes of at least 4 members (excludes halogenated alkanes) is 3. The highest BCUT2D eigenvalue weighted by Gasteiger charge is 2.17. The van der Waals surface area contributed by atoms with Gasteiger partial charge in [-0.15, -0.1) is 0 Å². The minimum atomic E-state index is -0.901. The molecule has 0 heterocycles. The van der Waals surface area contributed by atoms with E-state index >= 15 is 0 Å². The minimum absolute atomic E-state index is 0.105. The van der Waals surface area contributed by atoms with Crippen LogP contribution < -0.4 is 9.47 Å². The monoisotopic (exact) mass is 370 g/mol. The lowest BCUT2D eigenvalue weighted by atomic mass is 10.1. The lowest BCUT2D eigenvalue weighted by Crippen LogP contribution is -2.16. The molecule has 27 heavy (non-hydrogen) atoms. The molecule has 0 aliphatic carbocycles. The van der Waals surface area contributed by atoms with Gasteiger partial charge in [-0.3, -0.25) is 0 Å². The third-order valence-corrected chi connectivity index (χ3v) is 4.02. The third kappa shape index (κ3) is 6.77. The van der Waals surface area contributed by atoms with Crippen LogP contribution in [0.5, 0.6) is 11.5 Å². The van der Waals surface area contributed by atoms with E-state index in [1.54, 1.807) is 31.2 Å². The second-order valence-corrected chi connectivity index (χ2v) is 6.13. The molecule has 2 aromatic rings. The maximum absolute atomic E-state index is 12.0. The van der Waals surface area contributed by atoms with Crippen molar-refractivity contribution in [1.29, 1.82) is 0 Å². The second-order valence-electron chi connectivity index (χ2n) is 6.13. The van der Waals surface area contributed by atoms with E-state index in [1.807, 2.05) is 12.1 Å². The first kappa shape index (κ1) is 20.5. The molecule has 0 saturated carbocycles. The van der Waals surface area contributed by atoms with Gasteiger partial charge >= 0.3 is 12.1 Å². The molecular formula is C22H26O5. The Bertz CT molecular complexity index is 737. The molecule has 0 aromatic heterocycles. The lowest BCUT2D eigenvalue weighted by Gasteiger charge is -2.10. The van der Waals surface area contributed by atoms with Crippen LogP contribution >= 0.6 is 0 Å². The van der Waals surface area contributed by atoms with Crippen molar-refractivity contribution in [3.8, 4) is 11.5 Å². The van der Waals surface area contributed by atoms with Crippen molar-refractivity contribution < 1.29 is 23.8 Å². The summed E-state index contributed by atoms with van der Waals surface area (Å²) in [7, 11) is 0. The van der Waals surface area contributed by atoms with Crippen LogP contribution in [0.1, 0.15) is 55.5 Å². The van der Waals surface area contributed by atoms with Crippen LogP contribution in [-0.2, 0) is 11.2 Å². The molecule has 2 rings (SSSR count). The summed E-state index contributed by atoms with van der Waals surface area (Å²) < 4.78 is 15.3. The molecule has 0 spiro atoms. The van der Waals surface area contributed by atoms with Crippen molar-refractivity contribution >= 4 is 12.1 Å². The number of para-hydroxylation sites is 1. The summed E-state index contributed by atoms with van der Waals surface area (Å²) in [5.74, 6) is -0.0484. The van der Waals surface area contributed by atoms with Crippen molar-refractivity contribution in [3.05, 3.63) is 59.7 Å². The molecule has 0 fully saturated rings. The molecule has 0 N–H and O–H groups in total. The zero-order valence-corrected chi connectivity index (χ0v) is 15.9. The van der Waals surface area contributed by atoms with E-state index in [1.165, 1.54) is 37.0 Å². The number of ether oxygens (including phenoxy) is 3. The van der Waals surface area contributed by atoms with Gasteiger partial charge in [0.05, 0.1) is 6.61 Å². The van der Waals surface area contributed by atoms with E-state index in [0.717, 1.165) is 12.8 Å². The first-order valence-corrected chi connectivity index (χ1v) is 9.38. The van der Waals surface area contributed by atoms with Crippen LogP contribution in [0.15, 0.2) is 48.5 Å². The predicted molar refractivity (Wildman–Crippen MR) is 103 cm³/mol. The highest BCUT2D eigenvalue weighted by molar-refractivity contribution is 5.93. The molecule has 0 aliphatic heterocycles. The number of hydrogen-bond donors (Lipinski definition) is 0. The third-order valence-electron chi connectivity index (χ3n) is 4.02. The van der Waals surface area contributed by atoms with Gasteiger partial charge in [0.15, 0.2) is 0 Å². The van der Waals surface area contributed by atoms with Crippen LogP contribution in [0.3, 0.4) is 0 Å². The molecule has 0 amide bonds. The number of rotatable bonds is 9. The van der Waals surface area contributed by atoms with Crippen molar-refractivity contribution in [2.45, 2.75) is 46.0 Å². The molecule has 5 nitrogen and oxygen atoms in total. The Morgan fingerprint density at radius 2 is 1.59 bits per heavy atom.